The van der Waals surface area contributed by atoms with Gasteiger partial charge in [0.1, 0.15) is 0 Å². The van der Waals surface area contributed by atoms with Gasteiger partial charge in [-0.25, -0.2) is 0 Å². The Bertz CT molecular complexity index is 692. The average Bonchev–Trinajstić information content (AvgIpc) is 2.55. The SMILES string of the molecule is C=C(Cc1ccc(CC)cc1)Nc1ccc(C(=C)C)c(CC)c1. The van der Waals surface area contributed by atoms with Gasteiger partial charge in [0.25, 0.3) is 0 Å². The molecule has 2 aromatic carbocycles. The minimum Gasteiger partial charge on any atom is -0.359 e. The highest BCUT2D eigenvalue weighted by molar-refractivity contribution is 5.68. The predicted molar refractivity (Wildman–Crippen MR) is 103 cm³/mol. The second-order valence-electron chi connectivity index (χ2n) is 6.08. The molecule has 0 aliphatic heterocycles. The van der Waals surface area contributed by atoms with Crippen LogP contribution >= 0.6 is 0 Å². The van der Waals surface area contributed by atoms with Crippen LogP contribution in [0.3, 0.4) is 0 Å². The standard InChI is InChI=1S/C22H27N/c1-6-18-8-10-19(11-9-18)14-17(5)23-21-12-13-22(16(3)4)20(7-2)15-21/h8-13,15,23H,3,5-7,14H2,1-2,4H3. The average molecular weight is 305 g/mol. The van der Waals surface area contributed by atoms with E-state index >= 15 is 0 Å². The minimum atomic E-state index is 0.841. The third-order valence-corrected chi connectivity index (χ3v) is 4.12. The molecule has 2 aromatic rings. The Morgan fingerprint density at radius 3 is 2.13 bits per heavy atom. The molecule has 23 heavy (non-hydrogen) atoms. The fraction of sp³-hybridized carbons (Fsp3) is 0.273. The van der Waals surface area contributed by atoms with Crippen LogP contribution < -0.4 is 5.32 Å². The number of benzene rings is 2. The lowest BCUT2D eigenvalue weighted by molar-refractivity contribution is 1.10. The van der Waals surface area contributed by atoms with Crippen LogP contribution in [-0.4, -0.2) is 0 Å². The fourth-order valence-electron chi connectivity index (χ4n) is 2.77. The number of aryl methyl sites for hydroxylation is 2. The zero-order valence-corrected chi connectivity index (χ0v) is 14.6. The number of nitrogens with one attached hydrogen (secondary N) is 1. The van der Waals surface area contributed by atoms with Crippen molar-refractivity contribution in [2.24, 2.45) is 0 Å². The van der Waals surface area contributed by atoms with Crippen LogP contribution in [0.1, 0.15) is 43.0 Å². The van der Waals surface area contributed by atoms with Gasteiger partial charge in [0.2, 0.25) is 0 Å². The van der Waals surface area contributed by atoms with Gasteiger partial charge in [-0.05, 0) is 54.2 Å². The molecule has 1 nitrogen and oxygen atoms in total. The summed E-state index contributed by atoms with van der Waals surface area (Å²) in [5.41, 5.74) is 8.45. The van der Waals surface area contributed by atoms with Gasteiger partial charge in [0.05, 0.1) is 0 Å². The van der Waals surface area contributed by atoms with E-state index in [1.807, 2.05) is 0 Å². The van der Waals surface area contributed by atoms with E-state index in [2.05, 4.69) is 81.7 Å². The van der Waals surface area contributed by atoms with Gasteiger partial charge >= 0.3 is 0 Å². The largest absolute Gasteiger partial charge is 0.359 e. The molecule has 0 radical (unpaired) electrons. The van der Waals surface area contributed by atoms with Crippen molar-refractivity contribution in [3.8, 4) is 0 Å². The molecule has 0 aliphatic rings. The van der Waals surface area contributed by atoms with E-state index in [4.69, 9.17) is 0 Å². The summed E-state index contributed by atoms with van der Waals surface area (Å²) >= 11 is 0. The summed E-state index contributed by atoms with van der Waals surface area (Å²) in [7, 11) is 0. The Labute approximate surface area is 140 Å². The maximum atomic E-state index is 4.17. The van der Waals surface area contributed by atoms with Crippen molar-refractivity contribution in [1.29, 1.82) is 0 Å². The summed E-state index contributed by atoms with van der Waals surface area (Å²) in [6.45, 7) is 14.6. The second-order valence-corrected chi connectivity index (χ2v) is 6.08. The van der Waals surface area contributed by atoms with Gasteiger partial charge in [-0.1, -0.05) is 62.9 Å². The fourth-order valence-corrected chi connectivity index (χ4v) is 2.77. The van der Waals surface area contributed by atoms with E-state index in [1.54, 1.807) is 0 Å². The molecule has 0 bridgehead atoms. The molecule has 0 saturated heterocycles. The minimum absolute atomic E-state index is 0.841. The predicted octanol–water partition coefficient (Wildman–Crippen LogP) is 6.01. The van der Waals surface area contributed by atoms with Crippen molar-refractivity contribution in [3.05, 3.63) is 83.6 Å². The van der Waals surface area contributed by atoms with Crippen molar-refractivity contribution in [1.82, 2.24) is 0 Å². The number of hydrogen-bond donors (Lipinski definition) is 1. The van der Waals surface area contributed by atoms with Crippen molar-refractivity contribution < 1.29 is 0 Å². The Kier molecular flexibility index (Phi) is 5.81. The Balaban J connectivity index is 2.06. The molecule has 2 rings (SSSR count). The van der Waals surface area contributed by atoms with Gasteiger partial charge < -0.3 is 5.32 Å². The van der Waals surface area contributed by atoms with Gasteiger partial charge in [-0.3, -0.25) is 0 Å². The quantitative estimate of drug-likeness (QED) is 0.660. The summed E-state index contributed by atoms with van der Waals surface area (Å²) in [6.07, 6.45) is 2.92. The molecule has 0 heterocycles. The smallest absolute Gasteiger partial charge is 0.0384 e. The van der Waals surface area contributed by atoms with Crippen LogP contribution in [0.25, 0.3) is 5.57 Å². The first-order valence-corrected chi connectivity index (χ1v) is 8.34. The van der Waals surface area contributed by atoms with Crippen LogP contribution in [0.4, 0.5) is 5.69 Å². The van der Waals surface area contributed by atoms with Gasteiger partial charge in [-0.2, -0.15) is 0 Å². The van der Waals surface area contributed by atoms with Crippen molar-refractivity contribution in [3.63, 3.8) is 0 Å². The lowest BCUT2D eigenvalue weighted by Gasteiger charge is -2.14. The Hall–Kier alpha value is -2.28. The highest BCUT2D eigenvalue weighted by Gasteiger charge is 2.05. The highest BCUT2D eigenvalue weighted by Crippen LogP contribution is 2.23. The van der Waals surface area contributed by atoms with E-state index in [0.717, 1.165) is 36.2 Å². The van der Waals surface area contributed by atoms with Crippen LogP contribution in [0, 0.1) is 0 Å². The van der Waals surface area contributed by atoms with E-state index in [-0.39, 0.29) is 0 Å². The molecular formula is C22H27N. The summed E-state index contributed by atoms with van der Waals surface area (Å²) < 4.78 is 0. The second kappa shape index (κ2) is 7.82. The Morgan fingerprint density at radius 1 is 0.913 bits per heavy atom. The number of anilines is 1. The third kappa shape index (κ3) is 4.59. The van der Waals surface area contributed by atoms with Crippen molar-refractivity contribution >= 4 is 11.3 Å². The van der Waals surface area contributed by atoms with E-state index in [0.29, 0.717) is 0 Å². The maximum Gasteiger partial charge on any atom is 0.0384 e. The maximum absolute atomic E-state index is 4.17. The summed E-state index contributed by atoms with van der Waals surface area (Å²) in [5.74, 6) is 0. The number of rotatable bonds is 7. The molecule has 0 aromatic heterocycles. The van der Waals surface area contributed by atoms with E-state index < -0.39 is 0 Å². The third-order valence-electron chi connectivity index (χ3n) is 4.12. The first kappa shape index (κ1) is 17.1. The molecule has 0 fully saturated rings. The molecule has 1 heteroatoms. The monoisotopic (exact) mass is 305 g/mol. The first-order valence-electron chi connectivity index (χ1n) is 8.34. The summed E-state index contributed by atoms with van der Waals surface area (Å²) in [4.78, 5) is 0. The van der Waals surface area contributed by atoms with Gasteiger partial charge in [0, 0.05) is 17.8 Å². The zero-order chi connectivity index (χ0) is 16.8. The zero-order valence-electron chi connectivity index (χ0n) is 14.6. The lowest BCUT2D eigenvalue weighted by Crippen LogP contribution is -2.03. The van der Waals surface area contributed by atoms with Crippen LogP contribution in [-0.2, 0) is 19.3 Å². The highest BCUT2D eigenvalue weighted by atomic mass is 14.9. The van der Waals surface area contributed by atoms with E-state index in [9.17, 15) is 0 Å². The summed E-state index contributed by atoms with van der Waals surface area (Å²) in [6, 6.07) is 15.2. The topological polar surface area (TPSA) is 12.0 Å². The molecule has 0 saturated carbocycles. The molecule has 0 spiro atoms. The molecule has 1 N–H and O–H groups in total. The molecule has 120 valence electrons. The molecular weight excluding hydrogens is 278 g/mol. The van der Waals surface area contributed by atoms with Gasteiger partial charge in [0.15, 0.2) is 0 Å². The molecule has 0 unspecified atom stereocenters. The van der Waals surface area contributed by atoms with Crippen LogP contribution in [0.15, 0.2) is 61.3 Å². The van der Waals surface area contributed by atoms with Crippen molar-refractivity contribution in [2.75, 3.05) is 5.32 Å². The summed E-state index contributed by atoms with van der Waals surface area (Å²) in [5, 5.41) is 3.44. The van der Waals surface area contributed by atoms with Crippen molar-refractivity contribution in [2.45, 2.75) is 40.0 Å². The van der Waals surface area contributed by atoms with Gasteiger partial charge in [-0.15, -0.1) is 0 Å². The van der Waals surface area contributed by atoms with E-state index in [1.165, 1.54) is 22.3 Å². The molecule has 0 atom stereocenters. The normalized spacial score (nSPS) is 10.4. The molecule has 0 amide bonds. The number of hydrogen-bond acceptors (Lipinski definition) is 1. The number of allylic oxidation sites excluding steroid dienone is 2. The van der Waals surface area contributed by atoms with Crippen LogP contribution in [0.5, 0.6) is 0 Å². The molecule has 0 aliphatic carbocycles. The lowest BCUT2D eigenvalue weighted by atomic mass is 9.99. The first-order chi connectivity index (χ1) is 11.0. The van der Waals surface area contributed by atoms with Crippen LogP contribution in [0.2, 0.25) is 0 Å². The Morgan fingerprint density at radius 2 is 1.57 bits per heavy atom.